The van der Waals surface area contributed by atoms with Crippen molar-refractivity contribution in [3.05, 3.63) is 35.9 Å². The van der Waals surface area contributed by atoms with Crippen LogP contribution in [0.2, 0.25) is 0 Å². The monoisotopic (exact) mass is 489 g/mol. The van der Waals surface area contributed by atoms with Gasteiger partial charge in [-0.25, -0.2) is 4.79 Å². The van der Waals surface area contributed by atoms with Gasteiger partial charge in [0, 0.05) is 19.6 Å². The Morgan fingerprint density at radius 2 is 1.89 bits per heavy atom. The molecule has 35 heavy (non-hydrogen) atoms. The summed E-state index contributed by atoms with van der Waals surface area (Å²) in [5.41, 5.74) is 6.65. The molecule has 0 saturated carbocycles. The van der Waals surface area contributed by atoms with Crippen molar-refractivity contribution in [2.24, 2.45) is 5.73 Å². The van der Waals surface area contributed by atoms with E-state index >= 15 is 0 Å². The van der Waals surface area contributed by atoms with Crippen LogP contribution in [0.5, 0.6) is 0 Å². The summed E-state index contributed by atoms with van der Waals surface area (Å²) >= 11 is 0. The number of rotatable bonds is 9. The molecule has 3 rings (SSSR count). The molecule has 4 atom stereocenters. The van der Waals surface area contributed by atoms with Crippen LogP contribution in [-0.2, 0) is 16.0 Å². The number of carbonyl (C=O) groups excluding carboxylic acids is 3. The summed E-state index contributed by atoms with van der Waals surface area (Å²) in [5.74, 6) is -1.25. The highest BCUT2D eigenvalue weighted by Crippen LogP contribution is 2.21. The molecule has 4 unspecified atom stereocenters. The minimum absolute atomic E-state index is 0.271. The van der Waals surface area contributed by atoms with Crippen molar-refractivity contribution < 1.29 is 24.6 Å². The first-order chi connectivity index (χ1) is 16.8. The van der Waals surface area contributed by atoms with Gasteiger partial charge in [-0.15, -0.1) is 0 Å². The van der Waals surface area contributed by atoms with E-state index in [1.54, 1.807) is 0 Å². The van der Waals surface area contributed by atoms with E-state index in [1.807, 2.05) is 30.3 Å². The van der Waals surface area contributed by atoms with E-state index < -0.39 is 48.8 Å². The van der Waals surface area contributed by atoms with Gasteiger partial charge < -0.3 is 41.7 Å². The smallest absolute Gasteiger partial charge is 0.315 e. The molecule has 0 aliphatic carbocycles. The number of nitrogens with zero attached hydrogens (tertiary/aromatic N) is 2. The molecule has 12 heteroatoms. The highest BCUT2D eigenvalue weighted by atomic mass is 16.3. The lowest BCUT2D eigenvalue weighted by Crippen LogP contribution is -2.66. The lowest BCUT2D eigenvalue weighted by molar-refractivity contribution is -0.150. The highest BCUT2D eigenvalue weighted by molar-refractivity contribution is 5.93. The first-order valence-corrected chi connectivity index (χ1v) is 11.9. The Kier molecular flexibility index (Phi) is 9.26. The van der Waals surface area contributed by atoms with Crippen LogP contribution in [0.15, 0.2) is 30.3 Å². The first-order valence-electron chi connectivity index (χ1n) is 11.9. The molecule has 0 radical (unpaired) electrons. The zero-order valence-corrected chi connectivity index (χ0v) is 19.7. The summed E-state index contributed by atoms with van der Waals surface area (Å²) in [6, 6.07) is 6.74. The van der Waals surface area contributed by atoms with Crippen LogP contribution in [0.1, 0.15) is 31.2 Å². The lowest BCUT2D eigenvalue weighted by atomic mass is 9.98. The fraction of sp³-hybridized carbons (Fsp3) is 0.565. The summed E-state index contributed by atoms with van der Waals surface area (Å²) in [4.78, 5) is 40.5. The number of aliphatic hydroxyl groups is 2. The van der Waals surface area contributed by atoms with Crippen molar-refractivity contribution in [3.8, 4) is 0 Å². The summed E-state index contributed by atoms with van der Waals surface area (Å²) in [7, 11) is 0. The number of piperidine rings is 1. The number of amides is 4. The van der Waals surface area contributed by atoms with E-state index in [9.17, 15) is 24.6 Å². The predicted octanol–water partition coefficient (Wildman–Crippen LogP) is -1.33. The molecule has 1 aromatic carbocycles. The molecule has 1 aromatic rings. The van der Waals surface area contributed by atoms with Gasteiger partial charge in [0.2, 0.25) is 11.8 Å². The van der Waals surface area contributed by atoms with Crippen molar-refractivity contribution in [2.45, 2.75) is 56.5 Å². The highest BCUT2D eigenvalue weighted by Gasteiger charge is 2.42. The van der Waals surface area contributed by atoms with Crippen molar-refractivity contribution in [1.82, 2.24) is 25.8 Å². The number of nitrogens with two attached hydrogens (primary N) is 1. The Bertz CT molecular complexity index is 900. The molecule has 192 valence electrons. The zero-order chi connectivity index (χ0) is 25.4. The first kappa shape index (κ1) is 26.2. The summed E-state index contributed by atoms with van der Waals surface area (Å²) in [5, 5.41) is 35.5. The van der Waals surface area contributed by atoms with Gasteiger partial charge in [-0.3, -0.25) is 15.0 Å². The summed E-state index contributed by atoms with van der Waals surface area (Å²) < 4.78 is 0. The molecular formula is C23H35N7O5. The molecule has 4 amide bonds. The molecule has 0 aromatic heterocycles. The van der Waals surface area contributed by atoms with E-state index in [-0.39, 0.29) is 5.96 Å². The zero-order valence-electron chi connectivity index (χ0n) is 19.7. The molecule has 2 fully saturated rings. The number of guanidine groups is 1. The van der Waals surface area contributed by atoms with Gasteiger partial charge in [0.25, 0.3) is 0 Å². The van der Waals surface area contributed by atoms with E-state index in [0.717, 1.165) is 18.4 Å². The maximum Gasteiger partial charge on any atom is 0.315 e. The number of nitrogens with one attached hydrogen (secondary N) is 4. The van der Waals surface area contributed by atoms with E-state index in [2.05, 4.69) is 16.0 Å². The number of urea groups is 1. The number of hydrogen-bond donors (Lipinski definition) is 7. The Morgan fingerprint density at radius 1 is 1.14 bits per heavy atom. The van der Waals surface area contributed by atoms with Crippen LogP contribution >= 0.6 is 0 Å². The van der Waals surface area contributed by atoms with Gasteiger partial charge in [-0.1, -0.05) is 30.3 Å². The van der Waals surface area contributed by atoms with Crippen molar-refractivity contribution in [2.75, 3.05) is 26.2 Å². The van der Waals surface area contributed by atoms with Gasteiger partial charge in [0.15, 0.2) is 5.96 Å². The number of aryl methyl sites for hydroxylation is 1. The summed E-state index contributed by atoms with van der Waals surface area (Å²) in [6.45, 7) is 0.550. The van der Waals surface area contributed by atoms with Crippen molar-refractivity contribution in [3.63, 3.8) is 0 Å². The molecule has 2 heterocycles. The quantitative estimate of drug-likeness (QED) is 0.127. The summed E-state index contributed by atoms with van der Waals surface area (Å²) in [6.07, 6.45) is 1.99. The molecular weight excluding hydrogens is 454 g/mol. The minimum atomic E-state index is -1.17. The van der Waals surface area contributed by atoms with Gasteiger partial charge in [-0.05, 0) is 37.7 Å². The average molecular weight is 490 g/mol. The van der Waals surface area contributed by atoms with Gasteiger partial charge in [0.05, 0.1) is 12.6 Å². The molecule has 0 spiro atoms. The number of hydrogen-bond acceptors (Lipinski definition) is 6. The van der Waals surface area contributed by atoms with Crippen LogP contribution in [0.3, 0.4) is 0 Å². The normalized spacial score (nSPS) is 22.5. The standard InChI is InChI=1S/C23H35N7O5/c24-22(25)30-12-5-9-16(20(30)33)27-19(32)18-10-13-29(18)21(34)17(14-31)28-23(35)26-11-4-8-15-6-2-1-3-7-15/h1-3,6-7,16-18,20,31,33H,4-5,8-14H2,(H3,24,25)(H,27,32)(H2,26,28,35). The third-order valence-electron chi connectivity index (χ3n) is 6.39. The lowest BCUT2D eigenvalue weighted by Gasteiger charge is -2.43. The Hall–Kier alpha value is -3.38. The maximum absolute atomic E-state index is 12.9. The van der Waals surface area contributed by atoms with Gasteiger partial charge in [0.1, 0.15) is 18.3 Å². The maximum atomic E-state index is 12.9. The van der Waals surface area contributed by atoms with Crippen LogP contribution in [0.4, 0.5) is 4.79 Å². The van der Waals surface area contributed by atoms with Crippen molar-refractivity contribution in [1.29, 1.82) is 5.41 Å². The topological polar surface area (TPSA) is 184 Å². The molecule has 8 N–H and O–H groups in total. The van der Waals surface area contributed by atoms with Gasteiger partial charge in [-0.2, -0.15) is 0 Å². The minimum Gasteiger partial charge on any atom is -0.394 e. The largest absolute Gasteiger partial charge is 0.394 e. The Labute approximate surface area is 204 Å². The second-order valence-corrected chi connectivity index (χ2v) is 8.81. The average Bonchev–Trinajstić information content (AvgIpc) is 2.81. The van der Waals surface area contributed by atoms with E-state index in [0.29, 0.717) is 38.9 Å². The predicted molar refractivity (Wildman–Crippen MR) is 128 cm³/mol. The fourth-order valence-electron chi connectivity index (χ4n) is 4.33. The molecule has 2 aliphatic heterocycles. The van der Waals surface area contributed by atoms with Gasteiger partial charge >= 0.3 is 6.03 Å². The van der Waals surface area contributed by atoms with Crippen LogP contribution in [0, 0.1) is 5.41 Å². The van der Waals surface area contributed by atoms with Crippen LogP contribution < -0.4 is 21.7 Å². The Morgan fingerprint density at radius 3 is 2.51 bits per heavy atom. The van der Waals surface area contributed by atoms with Crippen LogP contribution in [-0.4, -0.2) is 94.4 Å². The van der Waals surface area contributed by atoms with E-state index in [4.69, 9.17) is 11.1 Å². The SMILES string of the molecule is N=C(N)N1CCCC(NC(=O)C2CCN2C(=O)C(CO)NC(=O)NCCCc2ccccc2)C1O. The fourth-order valence-corrected chi connectivity index (χ4v) is 4.33. The molecule has 0 bridgehead atoms. The molecule has 2 saturated heterocycles. The number of benzene rings is 1. The second-order valence-electron chi connectivity index (χ2n) is 8.81. The van der Waals surface area contributed by atoms with E-state index in [1.165, 1.54) is 9.80 Å². The second kappa shape index (κ2) is 12.4. The number of aliphatic hydroxyl groups excluding tert-OH is 2. The third kappa shape index (κ3) is 6.83. The number of likely N-dealkylation sites (tertiary alicyclic amines) is 2. The van der Waals surface area contributed by atoms with Crippen molar-refractivity contribution >= 4 is 23.8 Å². The van der Waals surface area contributed by atoms with Crippen LogP contribution in [0.25, 0.3) is 0 Å². The molecule has 12 nitrogen and oxygen atoms in total. The number of carbonyl (C=O) groups is 3. The Balaban J connectivity index is 1.45. The third-order valence-corrected chi connectivity index (χ3v) is 6.39. The molecule has 2 aliphatic rings.